The monoisotopic (exact) mass is 238 g/mol. The second-order valence-electron chi connectivity index (χ2n) is 3.95. The summed E-state index contributed by atoms with van der Waals surface area (Å²) in [4.78, 5) is 8.47. The molecule has 0 spiro atoms. The summed E-state index contributed by atoms with van der Waals surface area (Å²) in [6.45, 7) is 2.63. The molecule has 1 N–H and O–H groups in total. The average molecular weight is 238 g/mol. The van der Waals surface area contributed by atoms with E-state index in [4.69, 9.17) is 5.26 Å². The number of anilines is 1. The zero-order valence-electron chi connectivity index (χ0n) is 10.2. The lowest BCUT2D eigenvalue weighted by Crippen LogP contribution is -2.04. The van der Waals surface area contributed by atoms with E-state index in [-0.39, 0.29) is 0 Å². The van der Waals surface area contributed by atoms with E-state index < -0.39 is 0 Å². The lowest BCUT2D eigenvalue weighted by molar-refractivity contribution is 1.02. The first kappa shape index (κ1) is 12.1. The van der Waals surface area contributed by atoms with Gasteiger partial charge in [-0.2, -0.15) is 5.26 Å². The number of nitriles is 1. The smallest absolute Gasteiger partial charge is 0.222 e. The van der Waals surface area contributed by atoms with Crippen molar-refractivity contribution in [3.05, 3.63) is 42.2 Å². The minimum Gasteiger partial charge on any atom is -0.353 e. The number of hydrogen-bond donors (Lipinski definition) is 1. The van der Waals surface area contributed by atoms with Crippen molar-refractivity contribution in [1.82, 2.24) is 9.97 Å². The van der Waals surface area contributed by atoms with Gasteiger partial charge in [-0.3, -0.25) is 0 Å². The zero-order valence-corrected chi connectivity index (χ0v) is 10.2. The summed E-state index contributed by atoms with van der Waals surface area (Å²) in [5.41, 5.74) is 3.34. The van der Waals surface area contributed by atoms with E-state index in [2.05, 4.69) is 40.4 Å². The molecule has 0 unspecified atom stereocenters. The number of rotatable bonds is 4. The molecule has 1 aromatic carbocycles. The van der Waals surface area contributed by atoms with Crippen molar-refractivity contribution in [3.8, 4) is 17.2 Å². The minimum absolute atomic E-state index is 0.447. The number of aromatic nitrogens is 2. The maximum absolute atomic E-state index is 8.44. The Morgan fingerprint density at radius 3 is 2.61 bits per heavy atom. The third-order valence-corrected chi connectivity index (χ3v) is 2.63. The first-order valence-corrected chi connectivity index (χ1v) is 5.80. The van der Waals surface area contributed by atoms with Crippen LogP contribution in [0, 0.1) is 18.3 Å². The number of nitrogens with one attached hydrogen (secondary N) is 1. The molecule has 0 amide bonds. The molecular weight excluding hydrogens is 224 g/mol. The Hall–Kier alpha value is -2.41. The fourth-order valence-electron chi connectivity index (χ4n) is 1.69. The quantitative estimate of drug-likeness (QED) is 0.832. The van der Waals surface area contributed by atoms with E-state index >= 15 is 0 Å². The van der Waals surface area contributed by atoms with Crippen LogP contribution in [-0.4, -0.2) is 16.5 Å². The fourth-order valence-corrected chi connectivity index (χ4v) is 1.69. The molecule has 0 fully saturated rings. The molecule has 90 valence electrons. The number of nitrogens with zero attached hydrogens (tertiary/aromatic N) is 3. The Kier molecular flexibility index (Phi) is 3.87. The molecule has 0 aliphatic heterocycles. The van der Waals surface area contributed by atoms with Gasteiger partial charge in [0, 0.05) is 24.5 Å². The molecule has 2 rings (SSSR count). The Morgan fingerprint density at radius 1 is 1.22 bits per heavy atom. The molecule has 4 nitrogen and oxygen atoms in total. The SMILES string of the molecule is Cc1ccccc1-c1cnc(NCCC#N)nc1. The van der Waals surface area contributed by atoms with Gasteiger partial charge in [-0.15, -0.1) is 0 Å². The predicted molar refractivity (Wildman–Crippen MR) is 70.9 cm³/mol. The first-order valence-electron chi connectivity index (χ1n) is 5.80. The molecule has 1 aromatic heterocycles. The standard InChI is InChI=1S/C14H14N4/c1-11-5-2-3-6-13(11)12-9-17-14(18-10-12)16-8-4-7-15/h2-3,5-6,9-10H,4,8H2,1H3,(H,16,17,18). The molecule has 0 saturated heterocycles. The van der Waals surface area contributed by atoms with Crippen LogP contribution in [0.3, 0.4) is 0 Å². The summed E-state index contributed by atoms with van der Waals surface area (Å²) >= 11 is 0. The van der Waals surface area contributed by atoms with Crippen molar-refractivity contribution in [2.75, 3.05) is 11.9 Å². The molecule has 0 saturated carbocycles. The van der Waals surface area contributed by atoms with Crippen molar-refractivity contribution in [3.63, 3.8) is 0 Å². The van der Waals surface area contributed by atoms with Crippen LogP contribution >= 0.6 is 0 Å². The number of hydrogen-bond acceptors (Lipinski definition) is 4. The van der Waals surface area contributed by atoms with Gasteiger partial charge < -0.3 is 5.32 Å². The van der Waals surface area contributed by atoms with Crippen LogP contribution in [0.2, 0.25) is 0 Å². The Labute approximate surface area is 106 Å². The minimum atomic E-state index is 0.447. The molecule has 4 heteroatoms. The molecule has 0 radical (unpaired) electrons. The fraction of sp³-hybridized carbons (Fsp3) is 0.214. The molecule has 2 aromatic rings. The van der Waals surface area contributed by atoms with E-state index in [0.717, 1.165) is 11.1 Å². The largest absolute Gasteiger partial charge is 0.353 e. The summed E-state index contributed by atoms with van der Waals surface area (Å²) in [6.07, 6.45) is 4.04. The van der Waals surface area contributed by atoms with E-state index in [1.807, 2.05) is 12.1 Å². The van der Waals surface area contributed by atoms with Gasteiger partial charge in [0.05, 0.1) is 12.5 Å². The second kappa shape index (κ2) is 5.78. The van der Waals surface area contributed by atoms with Gasteiger partial charge in [0.2, 0.25) is 5.95 Å². The maximum Gasteiger partial charge on any atom is 0.222 e. The highest BCUT2D eigenvalue weighted by Gasteiger charge is 2.02. The predicted octanol–water partition coefficient (Wildman–Crippen LogP) is 2.78. The average Bonchev–Trinajstić information content (AvgIpc) is 2.41. The van der Waals surface area contributed by atoms with Crippen LogP contribution in [0.5, 0.6) is 0 Å². The molecule has 0 aliphatic rings. The number of aryl methyl sites for hydroxylation is 1. The third kappa shape index (κ3) is 2.83. The van der Waals surface area contributed by atoms with Crippen LogP contribution < -0.4 is 5.32 Å². The summed E-state index contributed by atoms with van der Waals surface area (Å²) in [6, 6.07) is 10.2. The summed E-state index contributed by atoms with van der Waals surface area (Å²) < 4.78 is 0. The Morgan fingerprint density at radius 2 is 1.94 bits per heavy atom. The number of benzene rings is 1. The topological polar surface area (TPSA) is 61.6 Å². The van der Waals surface area contributed by atoms with Crippen molar-refractivity contribution >= 4 is 5.95 Å². The normalized spacial score (nSPS) is 9.78. The maximum atomic E-state index is 8.44. The van der Waals surface area contributed by atoms with Gasteiger partial charge in [-0.25, -0.2) is 9.97 Å². The molecule has 0 bridgehead atoms. The lowest BCUT2D eigenvalue weighted by atomic mass is 10.0. The van der Waals surface area contributed by atoms with Gasteiger partial charge in [-0.1, -0.05) is 24.3 Å². The van der Waals surface area contributed by atoms with Gasteiger partial charge in [-0.05, 0) is 18.1 Å². The third-order valence-electron chi connectivity index (χ3n) is 2.63. The Bertz CT molecular complexity index is 555. The van der Waals surface area contributed by atoms with Crippen molar-refractivity contribution in [2.24, 2.45) is 0 Å². The van der Waals surface area contributed by atoms with E-state index in [1.165, 1.54) is 5.56 Å². The molecular formula is C14H14N4. The lowest BCUT2D eigenvalue weighted by Gasteiger charge is -2.06. The van der Waals surface area contributed by atoms with E-state index in [0.29, 0.717) is 18.9 Å². The second-order valence-corrected chi connectivity index (χ2v) is 3.95. The first-order chi connectivity index (χ1) is 8.81. The van der Waals surface area contributed by atoms with E-state index in [1.54, 1.807) is 12.4 Å². The highest BCUT2D eigenvalue weighted by atomic mass is 15.1. The van der Waals surface area contributed by atoms with Gasteiger partial charge in [0.25, 0.3) is 0 Å². The zero-order chi connectivity index (χ0) is 12.8. The highest BCUT2D eigenvalue weighted by Crippen LogP contribution is 2.21. The summed E-state index contributed by atoms with van der Waals surface area (Å²) in [5, 5.41) is 11.4. The van der Waals surface area contributed by atoms with Crippen molar-refractivity contribution in [1.29, 1.82) is 5.26 Å². The molecule has 1 heterocycles. The van der Waals surface area contributed by atoms with Gasteiger partial charge >= 0.3 is 0 Å². The van der Waals surface area contributed by atoms with E-state index in [9.17, 15) is 0 Å². The van der Waals surface area contributed by atoms with Crippen molar-refractivity contribution < 1.29 is 0 Å². The van der Waals surface area contributed by atoms with Crippen LogP contribution in [0.15, 0.2) is 36.7 Å². The summed E-state index contributed by atoms with van der Waals surface area (Å²) in [5.74, 6) is 0.558. The van der Waals surface area contributed by atoms with Crippen LogP contribution in [0.4, 0.5) is 5.95 Å². The molecule has 0 atom stereocenters. The molecule has 18 heavy (non-hydrogen) atoms. The highest BCUT2D eigenvalue weighted by molar-refractivity contribution is 5.65. The summed E-state index contributed by atoms with van der Waals surface area (Å²) in [7, 11) is 0. The van der Waals surface area contributed by atoms with Crippen molar-refractivity contribution in [2.45, 2.75) is 13.3 Å². The van der Waals surface area contributed by atoms with Crippen LogP contribution in [-0.2, 0) is 0 Å². The van der Waals surface area contributed by atoms with Crippen LogP contribution in [0.1, 0.15) is 12.0 Å². The van der Waals surface area contributed by atoms with Gasteiger partial charge in [0.1, 0.15) is 0 Å². The van der Waals surface area contributed by atoms with Crippen LogP contribution in [0.25, 0.3) is 11.1 Å². The Balaban J connectivity index is 2.13. The molecule has 0 aliphatic carbocycles. The van der Waals surface area contributed by atoms with Gasteiger partial charge in [0.15, 0.2) is 0 Å².